The van der Waals surface area contributed by atoms with Gasteiger partial charge in [-0.1, -0.05) is 31.5 Å². The molecule has 3 heteroatoms. The maximum absolute atomic E-state index is 4.78. The summed E-state index contributed by atoms with van der Waals surface area (Å²) < 4.78 is 2.16. The molecule has 0 aliphatic rings. The fraction of sp³-hybridized carbons (Fsp3) is 0.526. The number of aryl methyl sites for hydroxylation is 4. The molecule has 0 saturated heterocycles. The zero-order chi connectivity index (χ0) is 15.7. The largest absolute Gasteiger partial charge is 0.266 e. The molecule has 1 heterocycles. The SMILES string of the molecule is CCc1cc(C)cc(CC)c1-c1c(C)nn(C(C)C)c1C.[Pt]. The summed E-state index contributed by atoms with van der Waals surface area (Å²) in [6, 6.07) is 5.07. The second kappa shape index (κ2) is 7.59. The molecule has 0 saturated carbocycles. The van der Waals surface area contributed by atoms with E-state index < -0.39 is 0 Å². The van der Waals surface area contributed by atoms with Gasteiger partial charge in [0.25, 0.3) is 0 Å². The van der Waals surface area contributed by atoms with E-state index >= 15 is 0 Å². The molecule has 0 N–H and O–H groups in total. The van der Waals surface area contributed by atoms with Crippen molar-refractivity contribution in [3.8, 4) is 11.1 Å². The van der Waals surface area contributed by atoms with Crippen molar-refractivity contribution in [3.63, 3.8) is 0 Å². The van der Waals surface area contributed by atoms with Gasteiger partial charge in [0.05, 0.1) is 5.69 Å². The van der Waals surface area contributed by atoms with Crippen molar-refractivity contribution in [1.29, 1.82) is 0 Å². The smallest absolute Gasteiger partial charge is 0.0675 e. The van der Waals surface area contributed by atoms with Crippen LogP contribution in [0.15, 0.2) is 12.1 Å². The van der Waals surface area contributed by atoms with E-state index in [4.69, 9.17) is 5.10 Å². The van der Waals surface area contributed by atoms with Crippen molar-refractivity contribution in [3.05, 3.63) is 40.2 Å². The molecule has 1 aromatic heterocycles. The zero-order valence-electron chi connectivity index (χ0n) is 14.9. The van der Waals surface area contributed by atoms with Crippen molar-refractivity contribution in [1.82, 2.24) is 9.78 Å². The minimum absolute atomic E-state index is 0. The predicted molar refractivity (Wildman–Crippen MR) is 91.0 cm³/mol. The van der Waals surface area contributed by atoms with Crippen LogP contribution in [0.2, 0.25) is 0 Å². The van der Waals surface area contributed by atoms with Crippen LogP contribution >= 0.6 is 0 Å². The number of nitrogens with zero attached hydrogens (tertiary/aromatic N) is 2. The first-order chi connectivity index (χ1) is 9.90. The van der Waals surface area contributed by atoms with E-state index in [-0.39, 0.29) is 21.1 Å². The van der Waals surface area contributed by atoms with Gasteiger partial charge in [0.2, 0.25) is 0 Å². The minimum atomic E-state index is 0. The molecular weight excluding hydrogens is 451 g/mol. The average Bonchev–Trinajstić information content (AvgIpc) is 2.73. The monoisotopic (exact) mass is 479 g/mol. The van der Waals surface area contributed by atoms with Crippen LogP contribution in [0.25, 0.3) is 11.1 Å². The van der Waals surface area contributed by atoms with Gasteiger partial charge in [-0.05, 0) is 64.2 Å². The summed E-state index contributed by atoms with van der Waals surface area (Å²) in [6.07, 6.45) is 2.13. The molecule has 0 spiro atoms. The van der Waals surface area contributed by atoms with Crippen LogP contribution in [-0.2, 0) is 33.9 Å². The molecule has 2 rings (SSSR count). The Balaban J connectivity index is 0.00000242. The summed E-state index contributed by atoms with van der Waals surface area (Å²) in [7, 11) is 0. The first-order valence-electron chi connectivity index (χ1n) is 8.09. The minimum Gasteiger partial charge on any atom is -0.266 e. The van der Waals surface area contributed by atoms with E-state index in [9.17, 15) is 0 Å². The van der Waals surface area contributed by atoms with Gasteiger partial charge < -0.3 is 0 Å². The maximum Gasteiger partial charge on any atom is 0.0675 e. The second-order valence-corrected chi connectivity index (χ2v) is 6.25. The first-order valence-corrected chi connectivity index (χ1v) is 8.09. The van der Waals surface area contributed by atoms with Crippen LogP contribution in [0.1, 0.15) is 61.8 Å². The Morgan fingerprint density at radius 3 is 1.82 bits per heavy atom. The molecule has 2 aromatic rings. The van der Waals surface area contributed by atoms with Gasteiger partial charge >= 0.3 is 0 Å². The zero-order valence-corrected chi connectivity index (χ0v) is 17.1. The molecule has 22 heavy (non-hydrogen) atoms. The van der Waals surface area contributed by atoms with E-state index in [1.807, 2.05) is 0 Å². The van der Waals surface area contributed by atoms with Gasteiger partial charge in [-0.15, -0.1) is 0 Å². The van der Waals surface area contributed by atoms with Gasteiger partial charge in [0.15, 0.2) is 0 Å². The van der Waals surface area contributed by atoms with Gasteiger partial charge in [0, 0.05) is 38.4 Å². The average molecular weight is 480 g/mol. The standard InChI is InChI=1S/C19H28N2.Pt/c1-8-16-10-13(5)11-17(9-2)19(16)18-14(6)20-21(12(3)4)15(18)7;/h10-12H,8-9H2,1-7H3;. The topological polar surface area (TPSA) is 17.8 Å². The van der Waals surface area contributed by atoms with Crippen molar-refractivity contribution < 1.29 is 21.1 Å². The molecule has 0 aliphatic carbocycles. The van der Waals surface area contributed by atoms with Gasteiger partial charge in [-0.2, -0.15) is 5.10 Å². The number of hydrogen-bond acceptors (Lipinski definition) is 1. The van der Waals surface area contributed by atoms with Crippen LogP contribution in [0.4, 0.5) is 0 Å². The molecule has 0 bridgehead atoms. The molecule has 124 valence electrons. The molecular formula is C19H28N2Pt. The van der Waals surface area contributed by atoms with E-state index in [1.165, 1.54) is 33.5 Å². The summed E-state index contributed by atoms with van der Waals surface area (Å²) in [5, 5.41) is 4.78. The number of aromatic nitrogens is 2. The van der Waals surface area contributed by atoms with E-state index in [2.05, 4.69) is 65.3 Å². The van der Waals surface area contributed by atoms with Crippen molar-refractivity contribution in [2.75, 3.05) is 0 Å². The fourth-order valence-electron chi connectivity index (χ4n) is 3.35. The summed E-state index contributed by atoms with van der Waals surface area (Å²) in [5.41, 5.74) is 9.46. The quantitative estimate of drug-likeness (QED) is 0.591. The molecule has 0 atom stereocenters. The Bertz CT molecular complexity index is 629. The van der Waals surface area contributed by atoms with Crippen LogP contribution in [0.5, 0.6) is 0 Å². The molecule has 0 fully saturated rings. The van der Waals surface area contributed by atoms with E-state index in [0.717, 1.165) is 18.5 Å². The van der Waals surface area contributed by atoms with Crippen LogP contribution < -0.4 is 0 Å². The third-order valence-corrected chi connectivity index (χ3v) is 4.27. The third-order valence-electron chi connectivity index (χ3n) is 4.27. The predicted octanol–water partition coefficient (Wildman–Crippen LogP) is 5.18. The van der Waals surface area contributed by atoms with E-state index in [1.54, 1.807) is 0 Å². The normalized spacial score (nSPS) is 10.9. The Kier molecular flexibility index (Phi) is 6.62. The van der Waals surface area contributed by atoms with E-state index in [0.29, 0.717) is 6.04 Å². The number of benzene rings is 1. The Hall–Kier alpha value is -0.882. The fourth-order valence-corrected chi connectivity index (χ4v) is 3.35. The molecule has 0 amide bonds. The van der Waals surface area contributed by atoms with Crippen molar-refractivity contribution in [2.24, 2.45) is 0 Å². The van der Waals surface area contributed by atoms with Crippen molar-refractivity contribution >= 4 is 0 Å². The molecule has 0 unspecified atom stereocenters. The van der Waals surface area contributed by atoms with Gasteiger partial charge in [0.1, 0.15) is 0 Å². The summed E-state index contributed by atoms with van der Waals surface area (Å²) in [4.78, 5) is 0. The summed E-state index contributed by atoms with van der Waals surface area (Å²) in [6.45, 7) is 15.4. The third kappa shape index (κ3) is 3.38. The number of hydrogen-bond donors (Lipinski definition) is 0. The second-order valence-electron chi connectivity index (χ2n) is 6.25. The molecule has 0 aliphatic heterocycles. The van der Waals surface area contributed by atoms with Gasteiger partial charge in [-0.25, -0.2) is 0 Å². The summed E-state index contributed by atoms with van der Waals surface area (Å²) >= 11 is 0. The molecule has 0 radical (unpaired) electrons. The van der Waals surface area contributed by atoms with Crippen molar-refractivity contribution in [2.45, 2.75) is 67.3 Å². The van der Waals surface area contributed by atoms with Crippen LogP contribution in [-0.4, -0.2) is 9.78 Å². The Morgan fingerprint density at radius 1 is 0.955 bits per heavy atom. The first kappa shape index (κ1) is 19.2. The molecule has 2 nitrogen and oxygen atoms in total. The molecule has 1 aromatic carbocycles. The Morgan fingerprint density at radius 2 is 1.45 bits per heavy atom. The number of rotatable bonds is 4. The van der Waals surface area contributed by atoms with Crippen LogP contribution in [0, 0.1) is 20.8 Å². The van der Waals surface area contributed by atoms with Crippen LogP contribution in [0.3, 0.4) is 0 Å². The maximum atomic E-state index is 4.78. The Labute approximate surface area is 149 Å². The summed E-state index contributed by atoms with van der Waals surface area (Å²) in [5.74, 6) is 0. The van der Waals surface area contributed by atoms with Gasteiger partial charge in [-0.3, -0.25) is 4.68 Å².